The summed E-state index contributed by atoms with van der Waals surface area (Å²) in [7, 11) is 0. The molecular weight excluding hydrogens is 322 g/mol. The predicted octanol–water partition coefficient (Wildman–Crippen LogP) is 0.622. The number of aliphatic hydroxyl groups is 2. The van der Waals surface area contributed by atoms with Crippen molar-refractivity contribution in [2.75, 3.05) is 19.7 Å². The monoisotopic (exact) mass is 351 g/mol. The average Bonchev–Trinajstić information content (AvgIpc) is 2.55. The number of hydrogen-bond donors (Lipinski definition) is 2. The van der Waals surface area contributed by atoms with Gasteiger partial charge >= 0.3 is 5.69 Å². The van der Waals surface area contributed by atoms with E-state index in [0.717, 1.165) is 18.5 Å². The summed E-state index contributed by atoms with van der Waals surface area (Å²) in [6.45, 7) is 6.60. The van der Waals surface area contributed by atoms with Gasteiger partial charge in [-0.1, -0.05) is 13.3 Å². The first-order valence-electron chi connectivity index (χ1n) is 8.94. The molecular formula is C18H29N3O4. The van der Waals surface area contributed by atoms with Crippen molar-refractivity contribution in [3.8, 4) is 0 Å². The number of β-amino-alcohol motifs (C(OH)–C–C–N with tert-alkyl or cyclic N) is 1. The second kappa shape index (κ2) is 8.10. The fourth-order valence-electron chi connectivity index (χ4n) is 3.71. The molecule has 0 aliphatic carbocycles. The zero-order valence-corrected chi connectivity index (χ0v) is 15.4. The van der Waals surface area contributed by atoms with E-state index in [1.807, 2.05) is 19.9 Å². The molecule has 0 bridgehead atoms. The first kappa shape index (κ1) is 19.6. The summed E-state index contributed by atoms with van der Waals surface area (Å²) in [5.74, 6) is -0.0889. The van der Waals surface area contributed by atoms with E-state index in [2.05, 4.69) is 4.98 Å². The summed E-state index contributed by atoms with van der Waals surface area (Å²) >= 11 is 0. The predicted molar refractivity (Wildman–Crippen MR) is 94.2 cm³/mol. The van der Waals surface area contributed by atoms with Gasteiger partial charge in [-0.05, 0) is 32.8 Å². The zero-order valence-electron chi connectivity index (χ0n) is 15.4. The lowest BCUT2D eigenvalue weighted by atomic mass is 9.73. The van der Waals surface area contributed by atoms with Crippen LogP contribution in [0.2, 0.25) is 0 Å². The van der Waals surface area contributed by atoms with E-state index >= 15 is 0 Å². The highest BCUT2D eigenvalue weighted by Crippen LogP contribution is 2.36. The Balaban J connectivity index is 1.98. The maximum absolute atomic E-state index is 12.5. The Morgan fingerprint density at radius 3 is 2.72 bits per heavy atom. The van der Waals surface area contributed by atoms with Crippen molar-refractivity contribution in [3.63, 3.8) is 0 Å². The largest absolute Gasteiger partial charge is 0.396 e. The summed E-state index contributed by atoms with van der Waals surface area (Å²) < 4.78 is 1.50. The molecule has 0 aromatic carbocycles. The van der Waals surface area contributed by atoms with Crippen LogP contribution in [0.3, 0.4) is 0 Å². The Labute approximate surface area is 148 Å². The molecule has 0 saturated carbocycles. The third-order valence-electron chi connectivity index (χ3n) is 5.29. The number of hydrogen-bond acceptors (Lipinski definition) is 5. The topological polar surface area (TPSA) is 95.7 Å². The number of aromatic nitrogens is 2. The van der Waals surface area contributed by atoms with Crippen LogP contribution >= 0.6 is 0 Å². The van der Waals surface area contributed by atoms with Crippen molar-refractivity contribution >= 4 is 5.91 Å². The molecule has 2 rings (SSSR count). The van der Waals surface area contributed by atoms with Crippen molar-refractivity contribution in [2.45, 2.75) is 59.1 Å². The quantitative estimate of drug-likeness (QED) is 0.783. The maximum Gasteiger partial charge on any atom is 0.347 e. The molecule has 0 spiro atoms. The summed E-state index contributed by atoms with van der Waals surface area (Å²) in [6, 6.07) is 1.82. The Morgan fingerprint density at radius 2 is 2.16 bits per heavy atom. The lowest BCUT2D eigenvalue weighted by Crippen LogP contribution is -2.54. The number of nitrogens with zero attached hydrogens (tertiary/aromatic N) is 3. The number of rotatable bonds is 6. The molecule has 1 aliphatic rings. The summed E-state index contributed by atoms with van der Waals surface area (Å²) in [6.07, 6.45) is 1.69. The van der Waals surface area contributed by atoms with Crippen molar-refractivity contribution in [1.29, 1.82) is 0 Å². The molecule has 1 aromatic rings. The van der Waals surface area contributed by atoms with Crippen LogP contribution in [-0.4, -0.2) is 56.4 Å². The molecule has 1 saturated heterocycles. The SMILES string of the molecule is CCC[C@]1(CO)CCN(C(=O)CCn2c(C)cc(C)nc2=O)C[C@@H]1O. The van der Waals surface area contributed by atoms with Gasteiger partial charge in [0.1, 0.15) is 0 Å². The summed E-state index contributed by atoms with van der Waals surface area (Å²) in [5, 5.41) is 20.1. The standard InChI is InChI=1S/C18H29N3O4/c1-4-6-18(12-22)7-9-20(11-15(18)23)16(24)5-8-21-14(3)10-13(2)19-17(21)25/h10,15,22-23H,4-9,11-12H2,1-3H3/t15-,18+/m0/s1. The molecule has 7 heteroatoms. The number of carbonyl (C=O) groups excluding carboxylic acids is 1. The van der Waals surface area contributed by atoms with Crippen LogP contribution in [0.4, 0.5) is 0 Å². The normalized spacial score (nSPS) is 23.7. The van der Waals surface area contributed by atoms with Gasteiger partial charge in [0.2, 0.25) is 5.91 Å². The van der Waals surface area contributed by atoms with E-state index in [0.29, 0.717) is 18.7 Å². The van der Waals surface area contributed by atoms with Crippen LogP contribution in [-0.2, 0) is 11.3 Å². The Hall–Kier alpha value is -1.73. The number of carbonyl (C=O) groups is 1. The fourth-order valence-corrected chi connectivity index (χ4v) is 3.71. The first-order chi connectivity index (χ1) is 11.8. The number of amides is 1. The number of likely N-dealkylation sites (tertiary alicyclic amines) is 1. The first-order valence-corrected chi connectivity index (χ1v) is 8.94. The molecule has 25 heavy (non-hydrogen) atoms. The van der Waals surface area contributed by atoms with Crippen LogP contribution in [0.15, 0.2) is 10.9 Å². The third kappa shape index (κ3) is 4.27. The van der Waals surface area contributed by atoms with E-state index in [9.17, 15) is 19.8 Å². The van der Waals surface area contributed by atoms with Crippen LogP contribution in [0, 0.1) is 19.3 Å². The number of aryl methyl sites for hydroxylation is 2. The molecule has 140 valence electrons. The summed E-state index contributed by atoms with van der Waals surface area (Å²) in [4.78, 5) is 30.0. The van der Waals surface area contributed by atoms with Gasteiger partial charge in [0.05, 0.1) is 12.7 Å². The minimum atomic E-state index is -0.722. The van der Waals surface area contributed by atoms with Crippen LogP contribution in [0.1, 0.15) is 44.0 Å². The van der Waals surface area contributed by atoms with Gasteiger partial charge in [0, 0.05) is 42.9 Å². The molecule has 0 radical (unpaired) electrons. The molecule has 1 aliphatic heterocycles. The molecule has 0 unspecified atom stereocenters. The van der Waals surface area contributed by atoms with Gasteiger partial charge in [-0.15, -0.1) is 0 Å². The highest BCUT2D eigenvalue weighted by atomic mass is 16.3. The molecule has 7 nitrogen and oxygen atoms in total. The summed E-state index contributed by atoms with van der Waals surface area (Å²) in [5.41, 5.74) is 0.609. The van der Waals surface area contributed by atoms with Gasteiger partial charge in [-0.2, -0.15) is 4.98 Å². The van der Waals surface area contributed by atoms with Crippen molar-refractivity contribution in [1.82, 2.24) is 14.5 Å². The molecule has 2 N–H and O–H groups in total. The smallest absolute Gasteiger partial charge is 0.347 e. The highest BCUT2D eigenvalue weighted by molar-refractivity contribution is 5.76. The van der Waals surface area contributed by atoms with E-state index < -0.39 is 11.5 Å². The molecule has 1 amide bonds. The Bertz CT molecular complexity index is 673. The molecule has 2 heterocycles. The molecule has 2 atom stereocenters. The minimum Gasteiger partial charge on any atom is -0.396 e. The van der Waals surface area contributed by atoms with Gasteiger partial charge in [0.25, 0.3) is 0 Å². The van der Waals surface area contributed by atoms with Gasteiger partial charge < -0.3 is 15.1 Å². The van der Waals surface area contributed by atoms with Crippen molar-refractivity contribution < 1.29 is 15.0 Å². The number of aliphatic hydroxyl groups excluding tert-OH is 2. The number of piperidine rings is 1. The Kier molecular flexibility index (Phi) is 6.35. The molecule has 1 fully saturated rings. The Morgan fingerprint density at radius 1 is 1.44 bits per heavy atom. The fraction of sp³-hybridized carbons (Fsp3) is 0.722. The zero-order chi connectivity index (χ0) is 18.6. The van der Waals surface area contributed by atoms with Crippen LogP contribution < -0.4 is 5.69 Å². The minimum absolute atomic E-state index is 0.0618. The van der Waals surface area contributed by atoms with Gasteiger partial charge in [-0.3, -0.25) is 9.36 Å². The lowest BCUT2D eigenvalue weighted by Gasteiger charge is -2.44. The van der Waals surface area contributed by atoms with Crippen LogP contribution in [0.25, 0.3) is 0 Å². The van der Waals surface area contributed by atoms with Crippen molar-refractivity contribution in [2.24, 2.45) is 5.41 Å². The van der Waals surface area contributed by atoms with Crippen LogP contribution in [0.5, 0.6) is 0 Å². The molecule has 1 aromatic heterocycles. The van der Waals surface area contributed by atoms with Crippen molar-refractivity contribution in [3.05, 3.63) is 27.9 Å². The van der Waals surface area contributed by atoms with E-state index in [1.54, 1.807) is 11.8 Å². The lowest BCUT2D eigenvalue weighted by molar-refractivity contribution is -0.142. The van der Waals surface area contributed by atoms with E-state index in [4.69, 9.17) is 0 Å². The third-order valence-corrected chi connectivity index (χ3v) is 5.29. The van der Waals surface area contributed by atoms with E-state index in [-0.39, 0.29) is 37.7 Å². The average molecular weight is 351 g/mol. The maximum atomic E-state index is 12.5. The highest BCUT2D eigenvalue weighted by Gasteiger charge is 2.42. The second-order valence-electron chi connectivity index (χ2n) is 7.10. The van der Waals surface area contributed by atoms with E-state index in [1.165, 1.54) is 4.57 Å². The van der Waals surface area contributed by atoms with Gasteiger partial charge in [0.15, 0.2) is 0 Å². The van der Waals surface area contributed by atoms with Gasteiger partial charge in [-0.25, -0.2) is 4.79 Å². The second-order valence-corrected chi connectivity index (χ2v) is 7.10.